The van der Waals surface area contributed by atoms with E-state index in [2.05, 4.69) is 28.8 Å². The van der Waals surface area contributed by atoms with E-state index in [0.29, 0.717) is 35.2 Å². The summed E-state index contributed by atoms with van der Waals surface area (Å²) >= 11 is 0. The minimum absolute atomic E-state index is 0.380. The highest BCUT2D eigenvalue weighted by Gasteiger charge is 2.16. The van der Waals surface area contributed by atoms with Crippen LogP contribution in [0.2, 0.25) is 0 Å². The first-order valence-electron chi connectivity index (χ1n) is 8.27. The molecule has 2 aromatic rings. The zero-order valence-corrected chi connectivity index (χ0v) is 14.2. The summed E-state index contributed by atoms with van der Waals surface area (Å²) in [6.07, 6.45) is 7.06. The SMILES string of the molecule is CC(C)CCCCCOC(=O)c1ccc(N)cc1-c1ncncn1. The monoisotopic (exact) mass is 328 g/mol. The fourth-order valence-electron chi connectivity index (χ4n) is 2.38. The van der Waals surface area contributed by atoms with Crippen molar-refractivity contribution in [2.24, 2.45) is 5.92 Å². The van der Waals surface area contributed by atoms with Crippen molar-refractivity contribution >= 4 is 11.7 Å². The predicted molar refractivity (Wildman–Crippen MR) is 93.3 cm³/mol. The molecule has 0 aliphatic heterocycles. The molecule has 0 amide bonds. The second-order valence-corrected chi connectivity index (χ2v) is 6.15. The van der Waals surface area contributed by atoms with Crippen LogP contribution in [0.1, 0.15) is 49.9 Å². The number of hydrogen-bond donors (Lipinski definition) is 1. The topological polar surface area (TPSA) is 91.0 Å². The maximum absolute atomic E-state index is 12.4. The van der Waals surface area contributed by atoms with Crippen LogP contribution >= 0.6 is 0 Å². The van der Waals surface area contributed by atoms with Gasteiger partial charge in [-0.05, 0) is 30.5 Å². The predicted octanol–water partition coefficient (Wildman–Crippen LogP) is 3.49. The van der Waals surface area contributed by atoms with Crippen molar-refractivity contribution in [1.82, 2.24) is 15.0 Å². The molecule has 1 heterocycles. The number of rotatable bonds is 8. The summed E-state index contributed by atoms with van der Waals surface area (Å²) in [5.41, 5.74) is 7.33. The molecule has 0 saturated carbocycles. The average Bonchev–Trinajstić information content (AvgIpc) is 2.58. The van der Waals surface area contributed by atoms with Gasteiger partial charge in [-0.25, -0.2) is 19.7 Å². The number of ether oxygens (including phenoxy) is 1. The van der Waals surface area contributed by atoms with Crippen molar-refractivity contribution in [3.63, 3.8) is 0 Å². The smallest absolute Gasteiger partial charge is 0.338 e. The Labute approximate surface area is 142 Å². The minimum atomic E-state index is -0.380. The van der Waals surface area contributed by atoms with Gasteiger partial charge in [0.25, 0.3) is 0 Å². The number of aromatic nitrogens is 3. The van der Waals surface area contributed by atoms with Gasteiger partial charge in [0.15, 0.2) is 5.82 Å². The third kappa shape index (κ3) is 5.30. The van der Waals surface area contributed by atoms with Gasteiger partial charge in [-0.15, -0.1) is 0 Å². The van der Waals surface area contributed by atoms with Crippen LogP contribution in [0.5, 0.6) is 0 Å². The number of benzene rings is 1. The number of carbonyl (C=O) groups excluding carboxylic acids is 1. The van der Waals surface area contributed by atoms with E-state index in [0.717, 1.165) is 19.3 Å². The van der Waals surface area contributed by atoms with E-state index in [-0.39, 0.29) is 5.97 Å². The molecular formula is C18H24N4O2. The lowest BCUT2D eigenvalue weighted by Crippen LogP contribution is -2.09. The molecule has 0 fully saturated rings. The third-order valence-corrected chi connectivity index (χ3v) is 3.66. The minimum Gasteiger partial charge on any atom is -0.462 e. The second-order valence-electron chi connectivity index (χ2n) is 6.15. The maximum atomic E-state index is 12.4. The van der Waals surface area contributed by atoms with E-state index < -0.39 is 0 Å². The summed E-state index contributed by atoms with van der Waals surface area (Å²) in [7, 11) is 0. The summed E-state index contributed by atoms with van der Waals surface area (Å²) < 4.78 is 5.39. The largest absolute Gasteiger partial charge is 0.462 e. The molecule has 0 spiro atoms. The number of nitrogens with zero attached hydrogens (tertiary/aromatic N) is 3. The van der Waals surface area contributed by atoms with Gasteiger partial charge >= 0.3 is 5.97 Å². The van der Waals surface area contributed by atoms with Gasteiger partial charge in [0.1, 0.15) is 12.7 Å². The van der Waals surface area contributed by atoms with Crippen molar-refractivity contribution in [1.29, 1.82) is 0 Å². The van der Waals surface area contributed by atoms with Gasteiger partial charge in [0, 0.05) is 11.3 Å². The Morgan fingerprint density at radius 1 is 1.17 bits per heavy atom. The molecule has 0 atom stereocenters. The molecule has 128 valence electrons. The lowest BCUT2D eigenvalue weighted by atomic mass is 10.1. The van der Waals surface area contributed by atoms with Gasteiger partial charge in [0.2, 0.25) is 0 Å². The first-order chi connectivity index (χ1) is 11.6. The standard InChI is InChI=1S/C18H24N4O2/c1-13(2)6-4-3-5-9-24-18(23)15-8-7-14(19)10-16(15)17-21-11-20-12-22-17/h7-8,10-13H,3-6,9,19H2,1-2H3. The van der Waals surface area contributed by atoms with E-state index >= 15 is 0 Å². The molecule has 0 bridgehead atoms. The van der Waals surface area contributed by atoms with E-state index in [1.54, 1.807) is 18.2 Å². The summed E-state index contributed by atoms with van der Waals surface area (Å²) in [5.74, 6) is 0.737. The summed E-state index contributed by atoms with van der Waals surface area (Å²) in [6.45, 7) is 4.84. The number of unbranched alkanes of at least 4 members (excludes halogenated alkanes) is 2. The Bertz CT molecular complexity index is 659. The highest BCUT2D eigenvalue weighted by molar-refractivity contribution is 5.97. The summed E-state index contributed by atoms with van der Waals surface area (Å²) in [6, 6.07) is 4.99. The number of nitrogens with two attached hydrogens (primary N) is 1. The lowest BCUT2D eigenvalue weighted by molar-refractivity contribution is 0.0498. The van der Waals surface area contributed by atoms with E-state index in [9.17, 15) is 4.79 Å². The van der Waals surface area contributed by atoms with Crippen LogP contribution in [0.4, 0.5) is 5.69 Å². The van der Waals surface area contributed by atoms with Crippen molar-refractivity contribution in [2.75, 3.05) is 12.3 Å². The molecule has 0 saturated heterocycles. The molecule has 0 radical (unpaired) electrons. The molecule has 0 unspecified atom stereocenters. The Kier molecular flexibility index (Phi) is 6.66. The fourth-order valence-corrected chi connectivity index (χ4v) is 2.38. The zero-order valence-electron chi connectivity index (χ0n) is 14.2. The first kappa shape index (κ1) is 17.8. The van der Waals surface area contributed by atoms with Crippen LogP contribution in [0.25, 0.3) is 11.4 Å². The van der Waals surface area contributed by atoms with Gasteiger partial charge < -0.3 is 10.5 Å². The molecule has 1 aromatic heterocycles. The van der Waals surface area contributed by atoms with Crippen LogP contribution in [-0.2, 0) is 4.74 Å². The number of carbonyl (C=O) groups is 1. The molecule has 24 heavy (non-hydrogen) atoms. The Morgan fingerprint density at radius 3 is 2.62 bits per heavy atom. The summed E-state index contributed by atoms with van der Waals surface area (Å²) in [5, 5.41) is 0. The molecule has 0 aliphatic rings. The van der Waals surface area contributed by atoms with Crippen molar-refractivity contribution in [3.8, 4) is 11.4 Å². The number of anilines is 1. The first-order valence-corrected chi connectivity index (χ1v) is 8.27. The quantitative estimate of drug-likeness (QED) is 0.453. The highest BCUT2D eigenvalue weighted by atomic mass is 16.5. The lowest BCUT2D eigenvalue weighted by Gasteiger charge is -2.10. The van der Waals surface area contributed by atoms with Crippen molar-refractivity contribution in [3.05, 3.63) is 36.4 Å². The zero-order chi connectivity index (χ0) is 17.4. The Morgan fingerprint density at radius 2 is 1.92 bits per heavy atom. The van der Waals surface area contributed by atoms with Crippen molar-refractivity contribution < 1.29 is 9.53 Å². The van der Waals surface area contributed by atoms with Gasteiger partial charge in [-0.1, -0.05) is 33.1 Å². The highest BCUT2D eigenvalue weighted by Crippen LogP contribution is 2.23. The number of esters is 1. The Hall–Kier alpha value is -2.50. The van der Waals surface area contributed by atoms with Gasteiger partial charge in [0.05, 0.1) is 12.2 Å². The molecule has 2 rings (SSSR count). The summed E-state index contributed by atoms with van der Waals surface area (Å²) in [4.78, 5) is 24.3. The van der Waals surface area contributed by atoms with Crippen LogP contribution < -0.4 is 5.73 Å². The van der Waals surface area contributed by atoms with Gasteiger partial charge in [-0.3, -0.25) is 0 Å². The van der Waals surface area contributed by atoms with E-state index in [1.807, 2.05) is 0 Å². The van der Waals surface area contributed by atoms with Crippen molar-refractivity contribution in [2.45, 2.75) is 39.5 Å². The Balaban J connectivity index is 1.97. The fraction of sp³-hybridized carbons (Fsp3) is 0.444. The molecular weight excluding hydrogens is 304 g/mol. The molecule has 1 aromatic carbocycles. The average molecular weight is 328 g/mol. The molecule has 0 aliphatic carbocycles. The van der Waals surface area contributed by atoms with Gasteiger partial charge in [-0.2, -0.15) is 0 Å². The maximum Gasteiger partial charge on any atom is 0.338 e. The molecule has 6 heteroatoms. The van der Waals surface area contributed by atoms with Crippen LogP contribution in [0, 0.1) is 5.92 Å². The third-order valence-electron chi connectivity index (χ3n) is 3.66. The van der Waals surface area contributed by atoms with E-state index in [4.69, 9.17) is 10.5 Å². The molecule has 6 nitrogen and oxygen atoms in total. The second kappa shape index (κ2) is 8.96. The van der Waals surface area contributed by atoms with Crippen LogP contribution in [0.3, 0.4) is 0 Å². The molecule has 2 N–H and O–H groups in total. The normalized spacial score (nSPS) is 10.8. The van der Waals surface area contributed by atoms with Crippen LogP contribution in [0.15, 0.2) is 30.9 Å². The number of nitrogen functional groups attached to an aromatic ring is 1. The number of hydrogen-bond acceptors (Lipinski definition) is 6. The van der Waals surface area contributed by atoms with Crippen LogP contribution in [-0.4, -0.2) is 27.5 Å². The van der Waals surface area contributed by atoms with E-state index in [1.165, 1.54) is 19.1 Å².